The first-order chi connectivity index (χ1) is 8.81. The third-order valence-electron chi connectivity index (χ3n) is 2.52. The van der Waals surface area contributed by atoms with E-state index in [0.29, 0.717) is 10.9 Å². The van der Waals surface area contributed by atoms with Crippen LogP contribution in [0.3, 0.4) is 0 Å². The van der Waals surface area contributed by atoms with Gasteiger partial charge in [0.25, 0.3) is 0 Å². The minimum absolute atomic E-state index is 0.0253. The summed E-state index contributed by atoms with van der Waals surface area (Å²) in [7, 11) is 0. The van der Waals surface area contributed by atoms with E-state index in [1.165, 1.54) is 11.8 Å². The van der Waals surface area contributed by atoms with E-state index in [9.17, 15) is 4.79 Å². The zero-order valence-corrected chi connectivity index (χ0v) is 10.2. The Balaban J connectivity index is 1.77. The van der Waals surface area contributed by atoms with Crippen molar-refractivity contribution in [1.29, 1.82) is 0 Å². The lowest BCUT2D eigenvalue weighted by Gasteiger charge is -1.93. The van der Waals surface area contributed by atoms with E-state index in [1.54, 1.807) is 6.21 Å². The van der Waals surface area contributed by atoms with Crippen molar-refractivity contribution in [2.45, 2.75) is 0 Å². The van der Waals surface area contributed by atoms with Crippen molar-refractivity contribution in [2.75, 3.05) is 5.75 Å². The summed E-state index contributed by atoms with van der Waals surface area (Å²) in [5.41, 5.74) is 2.07. The van der Waals surface area contributed by atoms with Crippen LogP contribution in [0.15, 0.2) is 40.7 Å². The number of carbonyl (C=O) groups is 1. The highest BCUT2D eigenvalue weighted by Gasteiger charge is 2.15. The smallest absolute Gasteiger partial charge is 0.236 e. The lowest BCUT2D eigenvalue weighted by Crippen LogP contribution is -2.19. The number of rotatable bonds is 2. The predicted octanol–water partition coefficient (Wildman–Crippen LogP) is 1.72. The van der Waals surface area contributed by atoms with Gasteiger partial charge in [-0.1, -0.05) is 17.8 Å². The molecular weight excluding hydrogens is 248 g/mol. The van der Waals surface area contributed by atoms with Gasteiger partial charge in [0.1, 0.15) is 0 Å². The Morgan fingerprint density at radius 2 is 2.28 bits per heavy atom. The van der Waals surface area contributed by atoms with Crippen molar-refractivity contribution < 1.29 is 4.79 Å². The average Bonchev–Trinajstić information content (AvgIpc) is 2.97. The van der Waals surface area contributed by atoms with Crippen molar-refractivity contribution >= 4 is 40.0 Å². The Morgan fingerprint density at radius 1 is 1.33 bits per heavy atom. The number of nitrogens with zero attached hydrogens (tertiary/aromatic N) is 2. The summed E-state index contributed by atoms with van der Waals surface area (Å²) < 4.78 is 0. The molecule has 0 saturated carbocycles. The van der Waals surface area contributed by atoms with Gasteiger partial charge in [-0.2, -0.15) is 5.10 Å². The van der Waals surface area contributed by atoms with E-state index in [0.717, 1.165) is 16.5 Å². The molecule has 1 saturated heterocycles. The molecule has 1 aliphatic heterocycles. The third-order valence-corrected chi connectivity index (χ3v) is 3.38. The Hall–Kier alpha value is -2.08. The second-order valence-corrected chi connectivity index (χ2v) is 4.77. The van der Waals surface area contributed by atoms with Gasteiger partial charge in [-0.3, -0.25) is 4.79 Å². The van der Waals surface area contributed by atoms with E-state index >= 15 is 0 Å². The highest BCUT2D eigenvalue weighted by atomic mass is 32.2. The molecule has 1 aromatic heterocycles. The van der Waals surface area contributed by atoms with E-state index in [-0.39, 0.29) is 5.91 Å². The minimum Gasteiger partial charge on any atom is -0.361 e. The fourth-order valence-corrected chi connectivity index (χ4v) is 2.31. The van der Waals surface area contributed by atoms with Gasteiger partial charge in [0.05, 0.1) is 12.0 Å². The SMILES string of the molecule is O=C1CSC(=NN=Cc2ccc3[nH]ccc3c2)N1. The fourth-order valence-electron chi connectivity index (χ4n) is 1.68. The normalized spacial score (nSPS) is 18.0. The quantitative estimate of drug-likeness (QED) is 0.636. The van der Waals surface area contributed by atoms with E-state index in [1.807, 2.05) is 30.5 Å². The molecule has 3 rings (SSSR count). The molecule has 0 bridgehead atoms. The summed E-state index contributed by atoms with van der Waals surface area (Å²) in [5.74, 6) is 0.395. The van der Waals surface area contributed by atoms with Gasteiger partial charge in [0.15, 0.2) is 5.17 Å². The monoisotopic (exact) mass is 258 g/mol. The first kappa shape index (κ1) is 11.0. The first-order valence-electron chi connectivity index (χ1n) is 5.42. The Bertz CT molecular complexity index is 659. The number of aromatic amines is 1. The number of carbonyl (C=O) groups excluding carboxylic acids is 1. The molecule has 90 valence electrons. The van der Waals surface area contributed by atoms with Crippen molar-refractivity contribution in [2.24, 2.45) is 10.2 Å². The van der Waals surface area contributed by atoms with Crippen LogP contribution in [0.5, 0.6) is 0 Å². The van der Waals surface area contributed by atoms with Gasteiger partial charge < -0.3 is 10.3 Å². The second kappa shape index (κ2) is 4.66. The zero-order chi connectivity index (χ0) is 12.4. The predicted molar refractivity (Wildman–Crippen MR) is 73.9 cm³/mol. The topological polar surface area (TPSA) is 69.6 Å². The minimum atomic E-state index is -0.0253. The second-order valence-electron chi connectivity index (χ2n) is 3.81. The number of hydrogen-bond donors (Lipinski definition) is 2. The Labute approximate surface area is 107 Å². The number of aromatic nitrogens is 1. The van der Waals surface area contributed by atoms with Crippen molar-refractivity contribution in [3.63, 3.8) is 0 Å². The summed E-state index contributed by atoms with van der Waals surface area (Å²) in [5, 5.41) is 12.2. The summed E-state index contributed by atoms with van der Waals surface area (Å²) in [6, 6.07) is 7.99. The lowest BCUT2D eigenvalue weighted by molar-refractivity contribution is -0.116. The molecule has 2 aromatic rings. The van der Waals surface area contributed by atoms with Crippen LogP contribution in [0.25, 0.3) is 10.9 Å². The van der Waals surface area contributed by atoms with E-state index < -0.39 is 0 Å². The van der Waals surface area contributed by atoms with Crippen LogP contribution in [-0.2, 0) is 4.79 Å². The number of nitrogens with one attached hydrogen (secondary N) is 2. The maximum Gasteiger partial charge on any atom is 0.236 e. The number of hydrogen-bond acceptors (Lipinski definition) is 4. The van der Waals surface area contributed by atoms with E-state index in [4.69, 9.17) is 0 Å². The van der Waals surface area contributed by atoms with Crippen molar-refractivity contribution in [3.8, 4) is 0 Å². The lowest BCUT2D eigenvalue weighted by atomic mass is 10.2. The highest BCUT2D eigenvalue weighted by Crippen LogP contribution is 2.13. The molecular formula is C12H10N4OS. The number of H-pyrrole nitrogens is 1. The summed E-state index contributed by atoms with van der Waals surface area (Å²) >= 11 is 1.36. The van der Waals surface area contributed by atoms with Crippen LogP contribution < -0.4 is 5.32 Å². The number of fused-ring (bicyclic) bond motifs is 1. The molecule has 0 radical (unpaired) electrons. The Morgan fingerprint density at radius 3 is 3.11 bits per heavy atom. The van der Waals surface area contributed by atoms with Crippen molar-refractivity contribution in [1.82, 2.24) is 10.3 Å². The van der Waals surface area contributed by atoms with Gasteiger partial charge in [-0.25, -0.2) is 0 Å². The fraction of sp³-hybridized carbons (Fsp3) is 0.0833. The van der Waals surface area contributed by atoms with Crippen LogP contribution in [0.4, 0.5) is 0 Å². The average molecular weight is 258 g/mol. The molecule has 0 spiro atoms. The number of thioether (sulfide) groups is 1. The number of amidine groups is 1. The molecule has 18 heavy (non-hydrogen) atoms. The maximum absolute atomic E-state index is 10.9. The van der Waals surface area contributed by atoms with Crippen molar-refractivity contribution in [3.05, 3.63) is 36.0 Å². The molecule has 1 aliphatic rings. The van der Waals surface area contributed by atoms with Gasteiger partial charge >= 0.3 is 0 Å². The summed E-state index contributed by atoms with van der Waals surface area (Å²) in [6.45, 7) is 0. The van der Waals surface area contributed by atoms with Gasteiger partial charge in [-0.15, -0.1) is 5.10 Å². The highest BCUT2D eigenvalue weighted by molar-refractivity contribution is 8.15. The molecule has 0 aliphatic carbocycles. The van der Waals surface area contributed by atoms with E-state index in [2.05, 4.69) is 20.5 Å². The van der Waals surface area contributed by atoms with Crippen LogP contribution >= 0.6 is 11.8 Å². The van der Waals surface area contributed by atoms with Crippen LogP contribution in [0.1, 0.15) is 5.56 Å². The summed E-state index contributed by atoms with van der Waals surface area (Å²) in [6.07, 6.45) is 3.57. The maximum atomic E-state index is 10.9. The molecule has 2 heterocycles. The van der Waals surface area contributed by atoms with Crippen LogP contribution in [-0.4, -0.2) is 28.0 Å². The summed E-state index contributed by atoms with van der Waals surface area (Å²) in [4.78, 5) is 14.1. The molecule has 5 nitrogen and oxygen atoms in total. The molecule has 6 heteroatoms. The molecule has 1 aromatic carbocycles. The molecule has 1 amide bonds. The Kier molecular flexibility index (Phi) is 2.85. The van der Waals surface area contributed by atoms with Gasteiger partial charge in [0, 0.05) is 11.7 Å². The van der Waals surface area contributed by atoms with Crippen LogP contribution in [0.2, 0.25) is 0 Å². The number of benzene rings is 1. The number of amides is 1. The largest absolute Gasteiger partial charge is 0.361 e. The van der Waals surface area contributed by atoms with Crippen LogP contribution in [0, 0.1) is 0 Å². The zero-order valence-electron chi connectivity index (χ0n) is 9.38. The molecule has 0 atom stereocenters. The first-order valence-corrected chi connectivity index (χ1v) is 6.41. The molecule has 1 fully saturated rings. The van der Waals surface area contributed by atoms with Gasteiger partial charge in [0.2, 0.25) is 5.91 Å². The standard InChI is InChI=1S/C12H10N4OS/c17-11-7-18-12(15-11)16-14-6-8-1-2-10-9(5-8)3-4-13-10/h1-6,13H,7H2,(H,15,16,17). The molecule has 0 unspecified atom stereocenters. The third kappa shape index (κ3) is 2.28. The van der Waals surface area contributed by atoms with Gasteiger partial charge in [-0.05, 0) is 29.1 Å². The molecule has 2 N–H and O–H groups in total.